The summed E-state index contributed by atoms with van der Waals surface area (Å²) < 4.78 is 14.0. The Morgan fingerprint density at radius 3 is 1.80 bits per heavy atom. The molecule has 0 amide bonds. The maximum atomic E-state index is 6.43. The van der Waals surface area contributed by atoms with E-state index >= 15 is 0 Å². The van der Waals surface area contributed by atoms with Crippen molar-refractivity contribution >= 4 is 82.5 Å². The Labute approximate surface area is 349 Å². The van der Waals surface area contributed by atoms with Gasteiger partial charge >= 0.3 is 0 Å². The normalized spacial score (nSPS) is 11.7. The summed E-state index contributed by atoms with van der Waals surface area (Å²) in [7, 11) is 0. The van der Waals surface area contributed by atoms with E-state index in [1.54, 1.807) is 11.3 Å². The lowest BCUT2D eigenvalue weighted by Gasteiger charge is -2.28. The van der Waals surface area contributed by atoms with E-state index in [-0.39, 0.29) is 0 Å². The lowest BCUT2D eigenvalue weighted by molar-refractivity contribution is 0.669. The Bertz CT molecular complexity index is 3530. The maximum absolute atomic E-state index is 6.43. The lowest BCUT2D eigenvalue weighted by atomic mass is 9.99. The van der Waals surface area contributed by atoms with Crippen LogP contribution in [-0.2, 0) is 0 Å². The van der Waals surface area contributed by atoms with E-state index in [1.807, 2.05) is 18.2 Å². The number of rotatable bonds is 7. The highest BCUT2D eigenvalue weighted by Gasteiger charge is 2.20. The summed E-state index contributed by atoms with van der Waals surface area (Å²) in [5, 5.41) is 5.39. The molecular formula is C55H34N2O2S. The summed E-state index contributed by atoms with van der Waals surface area (Å²) in [6.07, 6.45) is 0. The Morgan fingerprint density at radius 2 is 1.00 bits per heavy atom. The molecule has 0 unspecified atom stereocenters. The predicted molar refractivity (Wildman–Crippen MR) is 251 cm³/mol. The van der Waals surface area contributed by atoms with Crippen molar-refractivity contribution in [3.05, 3.63) is 206 Å². The van der Waals surface area contributed by atoms with Crippen LogP contribution in [0.25, 0.3) is 98.0 Å². The van der Waals surface area contributed by atoms with Crippen LogP contribution in [0.15, 0.2) is 215 Å². The zero-order chi connectivity index (χ0) is 39.6. The van der Waals surface area contributed by atoms with Gasteiger partial charge in [-0.25, -0.2) is 4.98 Å². The quantitative estimate of drug-likeness (QED) is 0.161. The van der Waals surface area contributed by atoms with Gasteiger partial charge in [0.2, 0.25) is 0 Å². The van der Waals surface area contributed by atoms with E-state index in [0.717, 1.165) is 115 Å². The van der Waals surface area contributed by atoms with Gasteiger partial charge in [0.1, 0.15) is 27.3 Å². The number of fused-ring (bicyclic) bond motifs is 8. The number of aromatic nitrogens is 1. The first-order valence-corrected chi connectivity index (χ1v) is 20.9. The van der Waals surface area contributed by atoms with Crippen LogP contribution in [0.2, 0.25) is 0 Å². The van der Waals surface area contributed by atoms with E-state index in [9.17, 15) is 0 Å². The fourth-order valence-corrected chi connectivity index (χ4v) is 9.64. The molecule has 9 aromatic carbocycles. The molecule has 0 bridgehead atoms. The monoisotopic (exact) mass is 786 g/mol. The number of hydrogen-bond donors (Lipinski definition) is 0. The summed E-state index contributed by atoms with van der Waals surface area (Å²) in [6, 6.07) is 72.7. The first-order valence-electron chi connectivity index (χ1n) is 20.1. The van der Waals surface area contributed by atoms with Gasteiger partial charge in [0, 0.05) is 44.2 Å². The highest BCUT2D eigenvalue weighted by Crippen LogP contribution is 2.44. The van der Waals surface area contributed by atoms with Crippen LogP contribution in [0.5, 0.6) is 0 Å². The van der Waals surface area contributed by atoms with Gasteiger partial charge in [-0.3, -0.25) is 0 Å². The molecule has 282 valence electrons. The van der Waals surface area contributed by atoms with E-state index < -0.39 is 0 Å². The summed E-state index contributed by atoms with van der Waals surface area (Å²) in [5.41, 5.74) is 15.6. The van der Waals surface area contributed by atoms with E-state index in [2.05, 4.69) is 193 Å². The zero-order valence-electron chi connectivity index (χ0n) is 32.2. The second-order valence-corrected chi connectivity index (χ2v) is 16.1. The number of benzene rings is 9. The van der Waals surface area contributed by atoms with Gasteiger partial charge in [-0.05, 0) is 82.9 Å². The smallest absolute Gasteiger partial charge is 0.143 e. The molecular weight excluding hydrogens is 753 g/mol. The summed E-state index contributed by atoms with van der Waals surface area (Å²) in [5.74, 6) is 0. The highest BCUT2D eigenvalue weighted by molar-refractivity contribution is 7.21. The Balaban J connectivity index is 0.952. The molecule has 5 heteroatoms. The molecule has 0 N–H and O–H groups in total. The average Bonchev–Trinajstić information content (AvgIpc) is 4.04. The minimum Gasteiger partial charge on any atom is -0.456 e. The molecule has 60 heavy (non-hydrogen) atoms. The first-order chi connectivity index (χ1) is 29.7. The van der Waals surface area contributed by atoms with Crippen LogP contribution < -0.4 is 4.90 Å². The van der Waals surface area contributed by atoms with E-state index in [1.165, 1.54) is 0 Å². The van der Waals surface area contributed by atoms with Crippen LogP contribution in [-0.4, -0.2) is 4.98 Å². The molecule has 4 nitrogen and oxygen atoms in total. The SMILES string of the molecule is c1ccc(-c2nc3c(ccc4oc5ccc(-c6ccc(N(c7ccc(-c8cccc9c8oc8ccccc89)cc7)c7ccccc7-c7ccccc7)cc6)cc5c43)s2)cc1. The number of nitrogens with zero attached hydrogens (tertiary/aromatic N) is 2. The summed E-state index contributed by atoms with van der Waals surface area (Å²) >= 11 is 1.72. The minimum atomic E-state index is 0.850. The third-order valence-electron chi connectivity index (χ3n) is 11.5. The molecule has 3 aromatic heterocycles. The Kier molecular flexibility index (Phi) is 8.00. The molecule has 0 saturated carbocycles. The summed E-state index contributed by atoms with van der Waals surface area (Å²) in [6.45, 7) is 0. The van der Waals surface area contributed by atoms with Gasteiger partial charge in [0.05, 0.1) is 21.3 Å². The maximum Gasteiger partial charge on any atom is 0.143 e. The van der Waals surface area contributed by atoms with Crippen molar-refractivity contribution in [2.75, 3.05) is 4.90 Å². The molecule has 0 atom stereocenters. The topological polar surface area (TPSA) is 42.4 Å². The lowest BCUT2D eigenvalue weighted by Crippen LogP contribution is -2.11. The standard InChI is InChI=1S/C55H34N2O2S/c1-3-12-36(13-4-1)42-16-7-9-20-47(42)57(41-29-24-37(25-30-41)43-18-11-19-45-44-17-8-10-21-48(44)59-54(43)45)40-27-22-35(23-28-40)39-26-31-49-46(34-39)52-50(58-49)32-33-51-53(52)56-55(60-51)38-14-5-2-6-15-38/h1-34H. The van der Waals surface area contributed by atoms with Crippen LogP contribution in [0, 0.1) is 0 Å². The van der Waals surface area contributed by atoms with Crippen LogP contribution in [0.3, 0.4) is 0 Å². The van der Waals surface area contributed by atoms with Gasteiger partial charge in [0.25, 0.3) is 0 Å². The molecule has 0 fully saturated rings. The zero-order valence-corrected chi connectivity index (χ0v) is 33.1. The van der Waals surface area contributed by atoms with Crippen LogP contribution >= 0.6 is 11.3 Å². The fourth-order valence-electron chi connectivity index (χ4n) is 8.66. The third-order valence-corrected chi connectivity index (χ3v) is 12.6. The van der Waals surface area contributed by atoms with Crippen molar-refractivity contribution in [3.63, 3.8) is 0 Å². The molecule has 0 spiro atoms. The molecule has 0 aliphatic rings. The van der Waals surface area contributed by atoms with Crippen molar-refractivity contribution in [1.82, 2.24) is 4.98 Å². The molecule has 12 aromatic rings. The first kappa shape index (κ1) is 34.3. The minimum absolute atomic E-state index is 0.850. The fraction of sp³-hybridized carbons (Fsp3) is 0. The predicted octanol–water partition coefficient (Wildman–Crippen LogP) is 16.2. The van der Waals surface area contributed by atoms with E-state index in [0.29, 0.717) is 0 Å². The number of furan rings is 2. The van der Waals surface area contributed by atoms with Gasteiger partial charge in [0.15, 0.2) is 0 Å². The number of hydrogen-bond acceptors (Lipinski definition) is 5. The van der Waals surface area contributed by atoms with Gasteiger partial charge < -0.3 is 13.7 Å². The van der Waals surface area contributed by atoms with Crippen LogP contribution in [0.1, 0.15) is 0 Å². The van der Waals surface area contributed by atoms with Gasteiger partial charge in [-0.1, -0.05) is 146 Å². The third kappa shape index (κ3) is 5.70. The average molecular weight is 787 g/mol. The largest absolute Gasteiger partial charge is 0.456 e. The van der Waals surface area contributed by atoms with Crippen molar-refractivity contribution in [3.8, 4) is 44.0 Å². The van der Waals surface area contributed by atoms with Gasteiger partial charge in [-0.15, -0.1) is 11.3 Å². The second-order valence-electron chi connectivity index (χ2n) is 15.1. The van der Waals surface area contributed by atoms with Crippen molar-refractivity contribution < 1.29 is 8.83 Å². The van der Waals surface area contributed by atoms with Crippen molar-refractivity contribution in [2.45, 2.75) is 0 Å². The van der Waals surface area contributed by atoms with E-state index in [4.69, 9.17) is 13.8 Å². The number of para-hydroxylation sites is 3. The molecule has 0 aliphatic carbocycles. The molecule has 3 heterocycles. The van der Waals surface area contributed by atoms with Crippen LogP contribution in [0.4, 0.5) is 17.1 Å². The van der Waals surface area contributed by atoms with Gasteiger partial charge in [-0.2, -0.15) is 0 Å². The number of anilines is 3. The molecule has 0 radical (unpaired) electrons. The molecule has 12 rings (SSSR count). The highest BCUT2D eigenvalue weighted by atomic mass is 32.1. The molecule has 0 saturated heterocycles. The van der Waals surface area contributed by atoms with Crippen molar-refractivity contribution in [2.24, 2.45) is 0 Å². The summed E-state index contributed by atoms with van der Waals surface area (Å²) in [4.78, 5) is 7.50. The van der Waals surface area contributed by atoms with Crippen molar-refractivity contribution in [1.29, 1.82) is 0 Å². The molecule has 0 aliphatic heterocycles. The second kappa shape index (κ2) is 14.0. The Hall–Kier alpha value is -7.73. The number of thiazole rings is 1. The Morgan fingerprint density at radius 1 is 0.400 bits per heavy atom.